The first kappa shape index (κ1) is 86.6. The van der Waals surface area contributed by atoms with Crippen LogP contribution in [0.15, 0.2) is 232 Å². The zero-order valence-electron chi connectivity index (χ0n) is 64.2. The van der Waals surface area contributed by atoms with Crippen LogP contribution in [0.4, 0.5) is 40.3 Å². The Morgan fingerprint density at radius 1 is 0.445 bits per heavy atom. The third-order valence-electron chi connectivity index (χ3n) is 17.5. The Balaban J connectivity index is 0.000000151. The predicted octanol–water partition coefficient (Wildman–Crippen LogP) is 5.86. The molecule has 0 aliphatic carbocycles. The van der Waals surface area contributed by atoms with E-state index in [0.717, 1.165) is 34.9 Å². The molecule has 4 aliphatic heterocycles. The summed E-state index contributed by atoms with van der Waals surface area (Å²) in [6.07, 6.45) is 12.0. The quantitative estimate of drug-likeness (QED) is 0.0338. The molecule has 0 saturated heterocycles. The smallest absolute Gasteiger partial charge is 0.299 e. The van der Waals surface area contributed by atoms with Gasteiger partial charge in [0, 0.05) is 109 Å². The lowest BCUT2D eigenvalue weighted by atomic mass is 10.1. The van der Waals surface area contributed by atoms with Gasteiger partial charge in [0.25, 0.3) is 57.9 Å². The number of hydrogen-bond donors (Lipinski definition) is 9. The van der Waals surface area contributed by atoms with Crippen molar-refractivity contribution >= 4 is 93.6 Å². The number of aliphatic hydroxyl groups is 1. The standard InChI is InChI=1S/C20H19N5O3.C16H15ClN2O3.2C12H11N5O2.C10H15NO2.C6H4ClNO3.C4H5N3/c1-28-15-4-2-14(3-5-15)12-24-10-11-25-17(20(24)27)7-6-16(19(25)26)23-18-8-9-21-13-22-18;1-22-12-4-2-11(3-5-12)10-18-8-9-19-14(16(18)21)7-6-13(17)15(19)20;2*18-11-9-2-1-8(12(19)17(9)6-5-14-11)16-10-3-4-13-7-15-10;1-13-10-4-2-9(3-5-10)8-11-6-7-12;7-4-1-2-5(11-3-9)8-6(4)10;5-4-1-2-6-3-7-4/h2-9,13H,10-12H2,1H3,(H,21,22,23);2-7H,8-10H2,1H3;2*1-4,7H,5-6H2,(H,14,18)(H,13,15,16);2-5,11-12H,6-8H2,1H3;1-3H,(H,8,10);1-3H,(H2,5,6,7). The number of nitrogens with zero attached hydrogens (tertiary/aromatic N) is 14. The molecule has 0 saturated carbocycles. The van der Waals surface area contributed by atoms with Gasteiger partial charge in [0.1, 0.15) is 116 Å². The van der Waals surface area contributed by atoms with Crippen molar-refractivity contribution in [2.24, 2.45) is 0 Å². The third kappa shape index (κ3) is 24.4. The molecule has 0 fully saturated rings. The van der Waals surface area contributed by atoms with Crippen molar-refractivity contribution in [2.75, 3.05) is 82.3 Å². The minimum absolute atomic E-state index is 0.0586. The van der Waals surface area contributed by atoms with Crippen LogP contribution < -0.4 is 84.4 Å². The van der Waals surface area contributed by atoms with Gasteiger partial charge in [-0.25, -0.2) is 39.9 Å². The summed E-state index contributed by atoms with van der Waals surface area (Å²) in [5, 5.41) is 26.0. The van der Waals surface area contributed by atoms with E-state index in [1.165, 1.54) is 67.3 Å². The molecule has 10 N–H and O–H groups in total. The van der Waals surface area contributed by atoms with Gasteiger partial charge in [-0.05, 0) is 132 Å². The van der Waals surface area contributed by atoms with Crippen molar-refractivity contribution in [1.82, 2.24) is 88.9 Å². The summed E-state index contributed by atoms with van der Waals surface area (Å²) >= 11 is 11.2. The van der Waals surface area contributed by atoms with Crippen LogP contribution in [0.5, 0.6) is 23.1 Å². The van der Waals surface area contributed by atoms with Crippen molar-refractivity contribution in [3.05, 3.63) is 309 Å². The van der Waals surface area contributed by atoms with E-state index in [0.29, 0.717) is 135 Å². The Kier molecular flexibility index (Phi) is 31.7. The van der Waals surface area contributed by atoms with Gasteiger partial charge in [-0.15, -0.1) is 0 Å². The number of aromatic nitrogens is 13. The van der Waals surface area contributed by atoms with Gasteiger partial charge in [0.2, 0.25) is 5.88 Å². The molecule has 37 nitrogen and oxygen atoms in total. The predicted molar refractivity (Wildman–Crippen MR) is 441 cm³/mol. The largest absolute Gasteiger partial charge is 0.497 e. The number of pyridine rings is 5. The first-order valence-corrected chi connectivity index (χ1v) is 37.1. The van der Waals surface area contributed by atoms with Crippen LogP contribution in [-0.4, -0.2) is 169 Å². The molecule has 16 rings (SSSR count). The second-order valence-corrected chi connectivity index (χ2v) is 26.0. The molecule has 9 aromatic heterocycles. The van der Waals surface area contributed by atoms with Crippen LogP contribution in [0, 0.1) is 0 Å². The normalized spacial score (nSPS) is 12.5. The highest BCUT2D eigenvalue weighted by atomic mass is 35.5. The molecular formula is C80H80Cl2N22O15. The Morgan fingerprint density at radius 2 is 0.832 bits per heavy atom. The van der Waals surface area contributed by atoms with Gasteiger partial charge in [-0.1, -0.05) is 59.6 Å². The van der Waals surface area contributed by atoms with Crippen LogP contribution in [-0.2, 0) is 50.6 Å². The number of halogens is 2. The van der Waals surface area contributed by atoms with E-state index in [2.05, 4.69) is 81.5 Å². The fraction of sp³-hybridized carbons (Fsp3) is 0.200. The Labute approximate surface area is 687 Å². The number of fused-ring (bicyclic) bond motifs is 4. The Bertz CT molecular complexity index is 5620. The topological polar surface area (TPSA) is 471 Å². The summed E-state index contributed by atoms with van der Waals surface area (Å²) in [4.78, 5) is 155. The molecule has 12 aromatic rings. The average Bonchev–Trinajstić information content (AvgIpc) is 0.790. The molecule has 0 radical (unpaired) electrons. The maximum atomic E-state index is 12.9. The number of nitrogen functional groups attached to an aromatic ring is 1. The number of methoxy groups -OCH3 is 3. The van der Waals surface area contributed by atoms with Crippen LogP contribution in [0.25, 0.3) is 0 Å². The van der Waals surface area contributed by atoms with Crippen LogP contribution in [0.2, 0.25) is 10.0 Å². The van der Waals surface area contributed by atoms with Crippen LogP contribution in [0.3, 0.4) is 0 Å². The number of carbonyl (C=O) groups is 5. The SMILES string of the molecule is COc1ccc(CN2CCn3c(ccc(Cl)c3=O)C2=O)cc1.COc1ccc(CN2CCn3c(ccc(Nc4ccncn4)c3=O)C2=O)cc1.COc1ccc(CNCCO)cc1.Nc1ccncn1.O=C1NCCn2c1ccc(Nc1ccncn1)c2=O.O=C1NCCn2c1ccc(Nc1ccncn1)c2=O.O=COc1ccc(Cl)c(=O)[nH]1. The summed E-state index contributed by atoms with van der Waals surface area (Å²) in [7, 11) is 4.88. The molecule has 0 spiro atoms. The number of amides is 4. The average molecular weight is 1660 g/mol. The lowest BCUT2D eigenvalue weighted by Crippen LogP contribution is -2.44. The summed E-state index contributed by atoms with van der Waals surface area (Å²) in [6.45, 7) is 6.51. The van der Waals surface area contributed by atoms with Crippen molar-refractivity contribution in [3.8, 4) is 23.1 Å². The Hall–Kier alpha value is -14.8. The summed E-state index contributed by atoms with van der Waals surface area (Å²) < 4.78 is 25.5. The number of ether oxygens (including phenoxy) is 4. The molecule has 614 valence electrons. The minimum Gasteiger partial charge on any atom is -0.497 e. The number of benzene rings is 3. The number of carbonyl (C=O) groups excluding carboxylic acids is 5. The molecule has 13 heterocycles. The second-order valence-electron chi connectivity index (χ2n) is 25.2. The Morgan fingerprint density at radius 3 is 1.20 bits per heavy atom. The number of nitrogens with one attached hydrogen (secondary N) is 7. The van der Waals surface area contributed by atoms with Gasteiger partial charge >= 0.3 is 0 Å². The molecule has 3 aromatic carbocycles. The maximum absolute atomic E-state index is 12.9. The van der Waals surface area contributed by atoms with E-state index >= 15 is 0 Å². The molecule has 119 heavy (non-hydrogen) atoms. The van der Waals surface area contributed by atoms with Gasteiger partial charge in [0.05, 0.1) is 27.9 Å². The van der Waals surface area contributed by atoms with Crippen LogP contribution >= 0.6 is 23.2 Å². The lowest BCUT2D eigenvalue weighted by molar-refractivity contribution is -0.121. The summed E-state index contributed by atoms with van der Waals surface area (Å²) in [5.74, 6) is 3.83. The molecular weight excluding hydrogens is 1580 g/mol. The van der Waals surface area contributed by atoms with Gasteiger partial charge < -0.3 is 89.8 Å². The zero-order chi connectivity index (χ0) is 84.6. The number of H-pyrrole nitrogens is 1. The van der Waals surface area contributed by atoms with E-state index in [1.807, 2.05) is 72.8 Å². The lowest BCUT2D eigenvalue weighted by Gasteiger charge is -2.30. The molecule has 0 atom stereocenters. The van der Waals surface area contributed by atoms with E-state index in [9.17, 15) is 47.9 Å². The minimum atomic E-state index is -0.481. The first-order valence-electron chi connectivity index (χ1n) is 36.3. The monoisotopic (exact) mass is 1660 g/mol. The summed E-state index contributed by atoms with van der Waals surface area (Å²) in [6, 6.07) is 45.2. The number of rotatable bonds is 19. The highest BCUT2D eigenvalue weighted by molar-refractivity contribution is 6.30. The van der Waals surface area contributed by atoms with Gasteiger partial charge in [0.15, 0.2) is 0 Å². The highest BCUT2D eigenvalue weighted by Crippen LogP contribution is 2.22. The van der Waals surface area contributed by atoms with E-state index in [4.69, 9.17) is 48.3 Å². The molecule has 4 amide bonds. The maximum Gasteiger partial charge on any atom is 0.299 e. The fourth-order valence-corrected chi connectivity index (χ4v) is 11.8. The van der Waals surface area contributed by atoms with E-state index < -0.39 is 5.56 Å². The molecule has 0 unspecified atom stereocenters. The van der Waals surface area contributed by atoms with E-state index in [-0.39, 0.29) is 74.9 Å². The molecule has 39 heteroatoms. The number of aliphatic hydroxyl groups excluding tert-OH is 1. The number of hydrogen-bond acceptors (Lipinski definition) is 28. The molecule has 0 bridgehead atoms. The van der Waals surface area contributed by atoms with Crippen LogP contribution in [0.1, 0.15) is 58.6 Å². The van der Waals surface area contributed by atoms with Gasteiger partial charge in [-0.2, -0.15) is 0 Å². The second kappa shape index (κ2) is 43.6. The number of nitrogens with two attached hydrogens (primary N) is 1. The molecule has 4 aliphatic rings. The van der Waals surface area contributed by atoms with Crippen molar-refractivity contribution in [1.29, 1.82) is 0 Å². The van der Waals surface area contributed by atoms with Crippen molar-refractivity contribution in [2.45, 2.75) is 45.8 Å². The zero-order valence-corrected chi connectivity index (χ0v) is 65.7. The fourth-order valence-electron chi connectivity index (χ4n) is 11.6. The third-order valence-corrected chi connectivity index (χ3v) is 18.1. The van der Waals surface area contributed by atoms with E-state index in [1.54, 1.807) is 123 Å². The summed E-state index contributed by atoms with van der Waals surface area (Å²) in [5.41, 5.74) is 9.60. The number of aromatic amines is 1. The first-order chi connectivity index (χ1) is 57.8. The number of anilines is 7. The highest BCUT2D eigenvalue weighted by Gasteiger charge is 2.28. The van der Waals surface area contributed by atoms with Crippen molar-refractivity contribution < 1.29 is 48.0 Å². The van der Waals surface area contributed by atoms with Crippen molar-refractivity contribution in [3.63, 3.8) is 0 Å². The van der Waals surface area contributed by atoms with Gasteiger partial charge in [-0.3, -0.25) is 52.9 Å².